The SMILES string of the molecule is CCCCC/C=C\CCCCCCCC(=O)OCCCCCCCCCCCCCCCC(=O)NC(CO)C(O)CCCCCCCCCCCCCCCCCCCCCC. The fraction of sp³-hybridized carbons (Fsp3) is 0.929. The van der Waals surface area contributed by atoms with E-state index in [0.717, 1.165) is 51.4 Å². The minimum atomic E-state index is -0.673. The molecule has 1 amide bonds. The van der Waals surface area contributed by atoms with Gasteiger partial charge in [0.15, 0.2) is 0 Å². The van der Waals surface area contributed by atoms with Crippen molar-refractivity contribution in [3.05, 3.63) is 12.2 Å². The number of aliphatic hydroxyl groups is 2. The van der Waals surface area contributed by atoms with Crippen molar-refractivity contribution in [2.24, 2.45) is 0 Å². The van der Waals surface area contributed by atoms with Gasteiger partial charge in [-0.05, 0) is 51.4 Å². The molecule has 0 spiro atoms. The summed E-state index contributed by atoms with van der Waals surface area (Å²) < 4.78 is 5.45. The standard InChI is InChI=1S/C56H109NO5/c1-3-5-7-9-11-13-15-17-18-19-20-21-22-23-25-28-32-36-40-44-48-54(59)53(52-58)57-55(60)49-45-41-37-33-29-26-24-27-31-35-39-43-47-51-62-56(61)50-46-42-38-34-30-16-14-12-10-8-6-4-2/h12,14,53-54,58-59H,3-11,13,15-52H2,1-2H3,(H,57,60)/b14-12-. The molecular weight excluding hydrogens is 767 g/mol. The molecule has 6 nitrogen and oxygen atoms in total. The van der Waals surface area contributed by atoms with Crippen molar-refractivity contribution in [2.45, 2.75) is 321 Å². The Morgan fingerprint density at radius 3 is 1.18 bits per heavy atom. The lowest BCUT2D eigenvalue weighted by molar-refractivity contribution is -0.143. The second-order valence-electron chi connectivity index (χ2n) is 19.3. The van der Waals surface area contributed by atoms with E-state index >= 15 is 0 Å². The third kappa shape index (κ3) is 48.1. The topological polar surface area (TPSA) is 95.9 Å². The van der Waals surface area contributed by atoms with E-state index in [1.807, 2.05) is 0 Å². The highest BCUT2D eigenvalue weighted by atomic mass is 16.5. The number of hydrogen-bond acceptors (Lipinski definition) is 5. The zero-order valence-corrected chi connectivity index (χ0v) is 41.9. The van der Waals surface area contributed by atoms with E-state index in [4.69, 9.17) is 4.74 Å². The van der Waals surface area contributed by atoms with Crippen LogP contribution in [-0.2, 0) is 14.3 Å². The molecule has 0 saturated carbocycles. The highest BCUT2D eigenvalue weighted by Gasteiger charge is 2.20. The molecule has 62 heavy (non-hydrogen) atoms. The van der Waals surface area contributed by atoms with Crippen LogP contribution in [0, 0.1) is 0 Å². The summed E-state index contributed by atoms with van der Waals surface area (Å²) in [5.41, 5.74) is 0. The number of esters is 1. The van der Waals surface area contributed by atoms with Crippen LogP contribution in [0.3, 0.4) is 0 Å². The normalized spacial score (nSPS) is 12.6. The second kappa shape index (κ2) is 52.2. The summed E-state index contributed by atoms with van der Waals surface area (Å²) in [6, 6.07) is -0.551. The Morgan fingerprint density at radius 1 is 0.435 bits per heavy atom. The number of nitrogens with one attached hydrogen (secondary N) is 1. The van der Waals surface area contributed by atoms with Crippen LogP contribution < -0.4 is 5.32 Å². The summed E-state index contributed by atoms with van der Waals surface area (Å²) in [6.07, 6.45) is 60.4. The fourth-order valence-corrected chi connectivity index (χ4v) is 8.75. The Labute approximate surface area is 387 Å². The Kier molecular flexibility index (Phi) is 51.0. The molecular formula is C56H109NO5. The molecule has 0 aromatic carbocycles. The summed E-state index contributed by atoms with van der Waals surface area (Å²) in [5, 5.41) is 23.3. The first-order valence-electron chi connectivity index (χ1n) is 27.9. The van der Waals surface area contributed by atoms with Gasteiger partial charge in [-0.25, -0.2) is 0 Å². The first-order valence-corrected chi connectivity index (χ1v) is 27.9. The minimum absolute atomic E-state index is 0.0147. The summed E-state index contributed by atoms with van der Waals surface area (Å²) in [6.45, 7) is 4.92. The van der Waals surface area contributed by atoms with Gasteiger partial charge in [-0.3, -0.25) is 9.59 Å². The Morgan fingerprint density at radius 2 is 0.758 bits per heavy atom. The van der Waals surface area contributed by atoms with Crippen LogP contribution in [0.25, 0.3) is 0 Å². The minimum Gasteiger partial charge on any atom is -0.466 e. The third-order valence-corrected chi connectivity index (χ3v) is 13.1. The first kappa shape index (κ1) is 60.6. The molecule has 6 heteroatoms. The van der Waals surface area contributed by atoms with Gasteiger partial charge in [-0.1, -0.05) is 257 Å². The molecule has 0 aromatic rings. The molecule has 0 aliphatic rings. The van der Waals surface area contributed by atoms with Crippen molar-refractivity contribution in [1.82, 2.24) is 5.32 Å². The number of unbranched alkanes of at least 4 members (excludes halogenated alkanes) is 39. The van der Waals surface area contributed by atoms with Crippen molar-refractivity contribution in [3.63, 3.8) is 0 Å². The number of amides is 1. The van der Waals surface area contributed by atoms with Crippen molar-refractivity contribution in [3.8, 4) is 0 Å². The Balaban J connectivity index is 3.45. The van der Waals surface area contributed by atoms with Gasteiger partial charge in [0.05, 0.1) is 25.4 Å². The molecule has 0 heterocycles. The second-order valence-corrected chi connectivity index (χ2v) is 19.3. The van der Waals surface area contributed by atoms with Crippen LogP contribution >= 0.6 is 0 Å². The van der Waals surface area contributed by atoms with Gasteiger partial charge in [0, 0.05) is 12.8 Å². The van der Waals surface area contributed by atoms with Gasteiger partial charge >= 0.3 is 5.97 Å². The van der Waals surface area contributed by atoms with Crippen molar-refractivity contribution >= 4 is 11.9 Å². The van der Waals surface area contributed by atoms with E-state index in [1.54, 1.807) is 0 Å². The molecule has 2 atom stereocenters. The maximum Gasteiger partial charge on any atom is 0.305 e. The number of aliphatic hydroxyl groups excluding tert-OH is 2. The maximum atomic E-state index is 12.5. The number of ether oxygens (including phenoxy) is 1. The van der Waals surface area contributed by atoms with Crippen LogP contribution in [0.4, 0.5) is 0 Å². The van der Waals surface area contributed by atoms with E-state index in [-0.39, 0.29) is 18.5 Å². The average molecular weight is 876 g/mol. The largest absolute Gasteiger partial charge is 0.466 e. The van der Waals surface area contributed by atoms with Crippen LogP contribution in [-0.4, -0.2) is 47.4 Å². The Hall–Kier alpha value is -1.40. The predicted molar refractivity (Wildman–Crippen MR) is 269 cm³/mol. The smallest absolute Gasteiger partial charge is 0.305 e. The van der Waals surface area contributed by atoms with Gasteiger partial charge in [0.25, 0.3) is 0 Å². The summed E-state index contributed by atoms with van der Waals surface area (Å²) in [7, 11) is 0. The molecule has 0 rings (SSSR count). The number of carbonyl (C=O) groups is 2. The van der Waals surface area contributed by atoms with Gasteiger partial charge < -0.3 is 20.3 Å². The number of carbonyl (C=O) groups excluding carboxylic acids is 2. The maximum absolute atomic E-state index is 12.5. The monoisotopic (exact) mass is 876 g/mol. The summed E-state index contributed by atoms with van der Waals surface area (Å²) >= 11 is 0. The van der Waals surface area contributed by atoms with Crippen molar-refractivity contribution in [1.29, 1.82) is 0 Å². The van der Waals surface area contributed by atoms with Gasteiger partial charge in [-0.2, -0.15) is 0 Å². The lowest BCUT2D eigenvalue weighted by Crippen LogP contribution is -2.45. The van der Waals surface area contributed by atoms with E-state index in [2.05, 4.69) is 31.3 Å². The van der Waals surface area contributed by atoms with Gasteiger partial charge in [0.2, 0.25) is 5.91 Å². The molecule has 0 bridgehead atoms. The first-order chi connectivity index (χ1) is 30.5. The van der Waals surface area contributed by atoms with Gasteiger partial charge in [-0.15, -0.1) is 0 Å². The third-order valence-electron chi connectivity index (χ3n) is 13.1. The Bertz CT molecular complexity index is 924. The summed E-state index contributed by atoms with van der Waals surface area (Å²) in [5.74, 6) is -0.0600. The fourth-order valence-electron chi connectivity index (χ4n) is 8.75. The number of hydrogen-bond donors (Lipinski definition) is 3. The van der Waals surface area contributed by atoms with E-state index in [9.17, 15) is 19.8 Å². The van der Waals surface area contributed by atoms with Gasteiger partial charge in [0.1, 0.15) is 0 Å². The van der Waals surface area contributed by atoms with Crippen molar-refractivity contribution < 1.29 is 24.5 Å². The van der Waals surface area contributed by atoms with E-state index < -0.39 is 12.1 Å². The average Bonchev–Trinajstić information content (AvgIpc) is 3.27. The zero-order valence-electron chi connectivity index (χ0n) is 41.9. The predicted octanol–water partition coefficient (Wildman–Crippen LogP) is 16.9. The molecule has 0 aliphatic carbocycles. The summed E-state index contributed by atoms with van der Waals surface area (Å²) in [4.78, 5) is 24.5. The van der Waals surface area contributed by atoms with E-state index in [0.29, 0.717) is 25.9 Å². The molecule has 368 valence electrons. The molecule has 0 radical (unpaired) electrons. The molecule has 0 aromatic heterocycles. The van der Waals surface area contributed by atoms with Crippen LogP contribution in [0.2, 0.25) is 0 Å². The molecule has 2 unspecified atom stereocenters. The van der Waals surface area contributed by atoms with E-state index in [1.165, 1.54) is 225 Å². The van der Waals surface area contributed by atoms with Crippen LogP contribution in [0.1, 0.15) is 309 Å². The molecule has 0 saturated heterocycles. The van der Waals surface area contributed by atoms with Crippen LogP contribution in [0.5, 0.6) is 0 Å². The molecule has 0 fully saturated rings. The lowest BCUT2D eigenvalue weighted by Gasteiger charge is -2.22. The van der Waals surface area contributed by atoms with Crippen molar-refractivity contribution in [2.75, 3.05) is 13.2 Å². The highest BCUT2D eigenvalue weighted by Crippen LogP contribution is 2.17. The quantitative estimate of drug-likeness (QED) is 0.0321. The van der Waals surface area contributed by atoms with Crippen LogP contribution in [0.15, 0.2) is 12.2 Å². The zero-order chi connectivity index (χ0) is 45.1. The number of rotatable bonds is 52. The number of allylic oxidation sites excluding steroid dienone is 2. The lowest BCUT2D eigenvalue weighted by atomic mass is 10.0. The highest BCUT2D eigenvalue weighted by molar-refractivity contribution is 5.76. The molecule has 0 aliphatic heterocycles. The molecule has 3 N–H and O–H groups in total.